The molecule has 11 heavy (non-hydrogen) atoms. The lowest BCUT2D eigenvalue weighted by Crippen LogP contribution is -1.92. The summed E-state index contributed by atoms with van der Waals surface area (Å²) in [6, 6.07) is 6.38. The highest BCUT2D eigenvalue weighted by Gasteiger charge is 2.06. The van der Waals surface area contributed by atoms with Gasteiger partial charge in [0.25, 0.3) is 0 Å². The monoisotopic (exact) mass is 145 g/mol. The highest BCUT2D eigenvalue weighted by Crippen LogP contribution is 2.26. The number of nitrogens with one attached hydrogen (secondary N) is 1. The van der Waals surface area contributed by atoms with Crippen LogP contribution in [0.3, 0.4) is 0 Å². The SMILES string of the molecule is CNc1cccc2c1C=CC2. The summed E-state index contributed by atoms with van der Waals surface area (Å²) < 4.78 is 0. The van der Waals surface area contributed by atoms with Gasteiger partial charge in [-0.05, 0) is 18.1 Å². The number of anilines is 1. The topological polar surface area (TPSA) is 12.0 Å². The van der Waals surface area contributed by atoms with Crippen LogP contribution in [0.4, 0.5) is 5.69 Å². The van der Waals surface area contributed by atoms with Gasteiger partial charge in [0.2, 0.25) is 0 Å². The molecule has 1 heteroatoms. The molecule has 1 aliphatic carbocycles. The van der Waals surface area contributed by atoms with Crippen molar-refractivity contribution in [3.05, 3.63) is 35.4 Å². The summed E-state index contributed by atoms with van der Waals surface area (Å²) in [4.78, 5) is 0. The van der Waals surface area contributed by atoms with Crippen LogP contribution >= 0.6 is 0 Å². The van der Waals surface area contributed by atoms with E-state index in [0.29, 0.717) is 0 Å². The van der Waals surface area contributed by atoms with E-state index in [9.17, 15) is 0 Å². The molecule has 0 bridgehead atoms. The van der Waals surface area contributed by atoms with Crippen LogP contribution in [-0.4, -0.2) is 7.05 Å². The van der Waals surface area contributed by atoms with E-state index < -0.39 is 0 Å². The van der Waals surface area contributed by atoms with Gasteiger partial charge >= 0.3 is 0 Å². The standard InChI is InChI=1S/C10H11N/c1-11-10-7-3-5-8-4-2-6-9(8)10/h2-3,5-7,11H,4H2,1H3. The van der Waals surface area contributed by atoms with Crippen LogP contribution < -0.4 is 5.32 Å². The Morgan fingerprint density at radius 2 is 2.27 bits per heavy atom. The Balaban J connectivity index is 2.57. The maximum Gasteiger partial charge on any atom is 0.0413 e. The maximum atomic E-state index is 3.18. The second kappa shape index (κ2) is 2.42. The molecule has 56 valence electrons. The van der Waals surface area contributed by atoms with Gasteiger partial charge in [-0.1, -0.05) is 24.3 Å². The molecule has 0 aromatic heterocycles. The zero-order valence-electron chi connectivity index (χ0n) is 6.59. The minimum Gasteiger partial charge on any atom is -0.388 e. The zero-order chi connectivity index (χ0) is 7.68. The van der Waals surface area contributed by atoms with Crippen molar-refractivity contribution in [2.75, 3.05) is 12.4 Å². The fraction of sp³-hybridized carbons (Fsp3) is 0.200. The van der Waals surface area contributed by atoms with Crippen LogP contribution in [0.5, 0.6) is 0 Å². The summed E-state index contributed by atoms with van der Waals surface area (Å²) in [7, 11) is 1.96. The second-order valence-electron chi connectivity index (χ2n) is 2.73. The Morgan fingerprint density at radius 1 is 1.36 bits per heavy atom. The average molecular weight is 145 g/mol. The van der Waals surface area contributed by atoms with E-state index in [0.717, 1.165) is 6.42 Å². The molecule has 2 rings (SSSR count). The third-order valence-electron chi connectivity index (χ3n) is 2.09. The molecule has 1 N–H and O–H groups in total. The molecule has 1 aliphatic rings. The predicted octanol–water partition coefficient (Wildman–Crippen LogP) is 2.30. The van der Waals surface area contributed by atoms with Gasteiger partial charge in [0.1, 0.15) is 0 Å². The van der Waals surface area contributed by atoms with Crippen LogP contribution in [0.2, 0.25) is 0 Å². The Morgan fingerprint density at radius 3 is 3.09 bits per heavy atom. The Kier molecular flexibility index (Phi) is 1.42. The number of fused-ring (bicyclic) bond motifs is 1. The van der Waals surface area contributed by atoms with Crippen LogP contribution in [-0.2, 0) is 6.42 Å². The first-order valence-corrected chi connectivity index (χ1v) is 3.88. The molecule has 0 spiro atoms. The Bertz CT molecular complexity index is 300. The maximum absolute atomic E-state index is 3.18. The van der Waals surface area contributed by atoms with E-state index in [1.54, 1.807) is 0 Å². The van der Waals surface area contributed by atoms with Crippen molar-refractivity contribution in [2.24, 2.45) is 0 Å². The average Bonchev–Trinajstić information content (AvgIpc) is 2.50. The molecule has 0 aliphatic heterocycles. The van der Waals surface area contributed by atoms with E-state index in [1.165, 1.54) is 16.8 Å². The highest BCUT2D eigenvalue weighted by molar-refractivity contribution is 5.72. The Hall–Kier alpha value is -1.24. The van der Waals surface area contributed by atoms with Gasteiger partial charge in [-0.15, -0.1) is 0 Å². The second-order valence-corrected chi connectivity index (χ2v) is 2.73. The third-order valence-corrected chi connectivity index (χ3v) is 2.09. The van der Waals surface area contributed by atoms with Crippen LogP contribution in [0.15, 0.2) is 24.3 Å². The van der Waals surface area contributed by atoms with Gasteiger partial charge in [-0.2, -0.15) is 0 Å². The van der Waals surface area contributed by atoms with Gasteiger partial charge in [0.15, 0.2) is 0 Å². The highest BCUT2D eigenvalue weighted by atomic mass is 14.8. The van der Waals surface area contributed by atoms with E-state index in [1.807, 2.05) is 7.05 Å². The van der Waals surface area contributed by atoms with Crippen molar-refractivity contribution in [2.45, 2.75) is 6.42 Å². The molecule has 0 saturated carbocycles. The van der Waals surface area contributed by atoms with Crippen molar-refractivity contribution in [1.29, 1.82) is 0 Å². The first-order valence-electron chi connectivity index (χ1n) is 3.88. The molecule has 0 unspecified atom stereocenters. The number of allylic oxidation sites excluding steroid dienone is 1. The van der Waals surface area contributed by atoms with Gasteiger partial charge < -0.3 is 5.32 Å². The predicted molar refractivity (Wildman–Crippen MR) is 48.7 cm³/mol. The lowest BCUT2D eigenvalue weighted by atomic mass is 10.1. The summed E-state index contributed by atoms with van der Waals surface area (Å²) in [5.41, 5.74) is 4.02. The van der Waals surface area contributed by atoms with Crippen LogP contribution in [0.25, 0.3) is 6.08 Å². The summed E-state index contributed by atoms with van der Waals surface area (Å²) in [5.74, 6) is 0. The van der Waals surface area contributed by atoms with Gasteiger partial charge in [-0.25, -0.2) is 0 Å². The minimum atomic E-state index is 1.09. The first-order chi connectivity index (χ1) is 5.42. The molecule has 0 radical (unpaired) electrons. The molecule has 0 atom stereocenters. The summed E-state index contributed by atoms with van der Waals surface area (Å²) in [5, 5.41) is 3.18. The van der Waals surface area contributed by atoms with Crippen molar-refractivity contribution >= 4 is 11.8 Å². The van der Waals surface area contributed by atoms with E-state index >= 15 is 0 Å². The molecule has 1 aromatic rings. The molecule has 0 fully saturated rings. The van der Waals surface area contributed by atoms with Crippen molar-refractivity contribution in [1.82, 2.24) is 0 Å². The lowest BCUT2D eigenvalue weighted by molar-refractivity contribution is 1.30. The van der Waals surface area contributed by atoms with E-state index in [4.69, 9.17) is 0 Å². The van der Waals surface area contributed by atoms with Crippen molar-refractivity contribution < 1.29 is 0 Å². The van der Waals surface area contributed by atoms with Gasteiger partial charge in [0, 0.05) is 18.3 Å². The number of benzene rings is 1. The summed E-state index contributed by atoms with van der Waals surface area (Å²) in [6.45, 7) is 0. The quantitative estimate of drug-likeness (QED) is 0.639. The molecular weight excluding hydrogens is 134 g/mol. The van der Waals surface area contributed by atoms with Crippen LogP contribution in [0, 0.1) is 0 Å². The Labute approximate surface area is 66.7 Å². The molecule has 0 saturated heterocycles. The van der Waals surface area contributed by atoms with Gasteiger partial charge in [0.05, 0.1) is 0 Å². The van der Waals surface area contributed by atoms with E-state index in [2.05, 4.69) is 35.7 Å². The number of rotatable bonds is 1. The molecule has 0 amide bonds. The minimum absolute atomic E-state index is 1.09. The zero-order valence-corrected chi connectivity index (χ0v) is 6.59. The van der Waals surface area contributed by atoms with Crippen molar-refractivity contribution in [3.8, 4) is 0 Å². The van der Waals surface area contributed by atoms with Crippen LogP contribution in [0.1, 0.15) is 11.1 Å². The molecule has 1 aromatic carbocycles. The third kappa shape index (κ3) is 0.929. The fourth-order valence-corrected chi connectivity index (χ4v) is 1.51. The smallest absolute Gasteiger partial charge is 0.0413 e. The largest absolute Gasteiger partial charge is 0.388 e. The summed E-state index contributed by atoms with van der Waals surface area (Å²) in [6.07, 6.45) is 5.47. The van der Waals surface area contributed by atoms with Gasteiger partial charge in [-0.3, -0.25) is 0 Å². The normalized spacial score (nSPS) is 13.2. The van der Waals surface area contributed by atoms with Crippen molar-refractivity contribution in [3.63, 3.8) is 0 Å². The first kappa shape index (κ1) is 6.47. The fourth-order valence-electron chi connectivity index (χ4n) is 1.51. The molecule has 0 heterocycles. The lowest BCUT2D eigenvalue weighted by Gasteiger charge is -2.05. The summed E-state index contributed by atoms with van der Waals surface area (Å²) >= 11 is 0. The molecule has 1 nitrogen and oxygen atoms in total. The van der Waals surface area contributed by atoms with E-state index in [-0.39, 0.29) is 0 Å². The number of hydrogen-bond acceptors (Lipinski definition) is 1. The molecular formula is C10H11N. The number of hydrogen-bond donors (Lipinski definition) is 1.